The summed E-state index contributed by atoms with van der Waals surface area (Å²) < 4.78 is 66.6. The lowest BCUT2D eigenvalue weighted by molar-refractivity contribution is -0.127. The van der Waals surface area contributed by atoms with Gasteiger partial charge in [-0.2, -0.15) is 4.31 Å². The van der Waals surface area contributed by atoms with Crippen molar-refractivity contribution in [2.45, 2.75) is 4.90 Å². The van der Waals surface area contributed by atoms with E-state index < -0.39 is 32.4 Å². The van der Waals surface area contributed by atoms with Crippen LogP contribution in [0.15, 0.2) is 53.4 Å². The molecule has 28 heavy (non-hydrogen) atoms. The van der Waals surface area contributed by atoms with Gasteiger partial charge in [0.15, 0.2) is 0 Å². The van der Waals surface area contributed by atoms with Crippen LogP contribution in [0.5, 0.6) is 0 Å². The Morgan fingerprint density at radius 1 is 0.929 bits per heavy atom. The summed E-state index contributed by atoms with van der Waals surface area (Å²) in [7, 11) is -4.13. The second kappa shape index (κ2) is 8.15. The van der Waals surface area contributed by atoms with Gasteiger partial charge >= 0.3 is 0 Å². The predicted octanol–water partition coefficient (Wildman–Crippen LogP) is 2.65. The van der Waals surface area contributed by atoms with E-state index in [9.17, 15) is 26.4 Å². The standard InChI is InChI=1S/C19H17F3N2O3S/c20-15-6-7-18(17(22)13-15)28(26,27)24-11-9-23(10-12-24)19(25)8-5-14-3-1-2-4-16(14)21/h1-8,13H,9-12H2/b8-5+. The number of piperazine rings is 1. The summed E-state index contributed by atoms with van der Waals surface area (Å²) in [5, 5.41) is 0. The maximum atomic E-state index is 13.9. The summed E-state index contributed by atoms with van der Waals surface area (Å²) in [5.41, 5.74) is 0.267. The number of rotatable bonds is 4. The van der Waals surface area contributed by atoms with Gasteiger partial charge in [0.1, 0.15) is 22.3 Å². The van der Waals surface area contributed by atoms with Crippen LogP contribution in [0.25, 0.3) is 6.08 Å². The fourth-order valence-electron chi connectivity index (χ4n) is 2.85. The number of carbonyl (C=O) groups excluding carboxylic acids is 1. The zero-order valence-corrected chi connectivity index (χ0v) is 15.5. The van der Waals surface area contributed by atoms with E-state index in [1.165, 1.54) is 35.3 Å². The van der Waals surface area contributed by atoms with Crippen LogP contribution in [0.4, 0.5) is 13.2 Å². The molecule has 0 spiro atoms. The quantitative estimate of drug-likeness (QED) is 0.729. The smallest absolute Gasteiger partial charge is 0.246 e. The van der Waals surface area contributed by atoms with Gasteiger partial charge in [-0.05, 0) is 24.3 Å². The van der Waals surface area contributed by atoms with E-state index in [1.54, 1.807) is 6.07 Å². The molecule has 1 saturated heterocycles. The van der Waals surface area contributed by atoms with Crippen molar-refractivity contribution in [2.75, 3.05) is 26.2 Å². The summed E-state index contributed by atoms with van der Waals surface area (Å²) in [5.74, 6) is -2.86. The fourth-order valence-corrected chi connectivity index (χ4v) is 4.32. The van der Waals surface area contributed by atoms with Crippen molar-refractivity contribution in [1.82, 2.24) is 9.21 Å². The van der Waals surface area contributed by atoms with Crippen LogP contribution in [0.2, 0.25) is 0 Å². The van der Waals surface area contributed by atoms with Crippen molar-refractivity contribution in [3.05, 3.63) is 71.6 Å². The third-order valence-corrected chi connectivity index (χ3v) is 6.30. The van der Waals surface area contributed by atoms with Gasteiger partial charge in [0.2, 0.25) is 15.9 Å². The monoisotopic (exact) mass is 410 g/mol. The van der Waals surface area contributed by atoms with Crippen molar-refractivity contribution in [3.8, 4) is 0 Å². The molecule has 1 aliphatic rings. The molecule has 0 saturated carbocycles. The molecule has 0 bridgehead atoms. The lowest BCUT2D eigenvalue weighted by atomic mass is 10.2. The summed E-state index contributed by atoms with van der Waals surface area (Å²) in [4.78, 5) is 13.1. The average molecular weight is 410 g/mol. The van der Waals surface area contributed by atoms with Crippen LogP contribution in [-0.2, 0) is 14.8 Å². The highest BCUT2D eigenvalue weighted by molar-refractivity contribution is 7.89. The molecule has 1 fully saturated rings. The Bertz CT molecular complexity index is 1020. The average Bonchev–Trinajstić information content (AvgIpc) is 2.67. The van der Waals surface area contributed by atoms with Crippen molar-refractivity contribution in [1.29, 1.82) is 0 Å². The minimum atomic E-state index is -4.13. The first-order chi connectivity index (χ1) is 13.3. The minimum Gasteiger partial charge on any atom is -0.337 e. The molecule has 3 rings (SSSR count). The second-order valence-electron chi connectivity index (χ2n) is 6.16. The molecule has 0 N–H and O–H groups in total. The van der Waals surface area contributed by atoms with E-state index in [-0.39, 0.29) is 37.6 Å². The number of benzene rings is 2. The number of halogens is 3. The van der Waals surface area contributed by atoms with Crippen LogP contribution in [0.1, 0.15) is 5.56 Å². The van der Waals surface area contributed by atoms with E-state index >= 15 is 0 Å². The molecule has 0 atom stereocenters. The molecule has 1 amide bonds. The maximum Gasteiger partial charge on any atom is 0.246 e. The van der Waals surface area contributed by atoms with Gasteiger partial charge in [0.05, 0.1) is 0 Å². The highest BCUT2D eigenvalue weighted by Gasteiger charge is 2.31. The van der Waals surface area contributed by atoms with Crippen LogP contribution in [-0.4, -0.2) is 49.7 Å². The molecule has 0 radical (unpaired) electrons. The maximum absolute atomic E-state index is 13.9. The Hall–Kier alpha value is -2.65. The van der Waals surface area contributed by atoms with Crippen molar-refractivity contribution < 1.29 is 26.4 Å². The molecular weight excluding hydrogens is 393 g/mol. The number of hydrogen-bond donors (Lipinski definition) is 0. The number of carbonyl (C=O) groups is 1. The first-order valence-electron chi connectivity index (χ1n) is 8.46. The lowest BCUT2D eigenvalue weighted by Gasteiger charge is -2.33. The number of amides is 1. The van der Waals surface area contributed by atoms with Gasteiger partial charge in [-0.1, -0.05) is 18.2 Å². The molecule has 9 heteroatoms. The van der Waals surface area contributed by atoms with Crippen molar-refractivity contribution >= 4 is 22.0 Å². The highest BCUT2D eigenvalue weighted by Crippen LogP contribution is 2.21. The van der Waals surface area contributed by atoms with E-state index in [0.29, 0.717) is 6.07 Å². The molecular formula is C19H17F3N2O3S. The highest BCUT2D eigenvalue weighted by atomic mass is 32.2. The lowest BCUT2D eigenvalue weighted by Crippen LogP contribution is -2.50. The van der Waals surface area contributed by atoms with Crippen LogP contribution in [0.3, 0.4) is 0 Å². The van der Waals surface area contributed by atoms with Gasteiger partial charge in [-0.25, -0.2) is 21.6 Å². The van der Waals surface area contributed by atoms with Crippen LogP contribution < -0.4 is 0 Å². The van der Waals surface area contributed by atoms with E-state index in [0.717, 1.165) is 16.4 Å². The van der Waals surface area contributed by atoms with Crippen molar-refractivity contribution in [3.63, 3.8) is 0 Å². The normalized spacial score (nSPS) is 15.9. The van der Waals surface area contributed by atoms with Crippen LogP contribution in [0, 0.1) is 17.5 Å². The largest absolute Gasteiger partial charge is 0.337 e. The van der Waals surface area contributed by atoms with Gasteiger partial charge in [0.25, 0.3) is 0 Å². The van der Waals surface area contributed by atoms with Gasteiger partial charge in [0, 0.05) is 43.9 Å². The zero-order chi connectivity index (χ0) is 20.3. The van der Waals surface area contributed by atoms with Gasteiger partial charge < -0.3 is 4.90 Å². The van der Waals surface area contributed by atoms with E-state index in [2.05, 4.69) is 0 Å². The summed E-state index contributed by atoms with van der Waals surface area (Å²) in [6, 6.07) is 8.27. The molecule has 1 heterocycles. The molecule has 0 unspecified atom stereocenters. The third kappa shape index (κ3) is 4.26. The molecule has 148 valence electrons. The zero-order valence-electron chi connectivity index (χ0n) is 14.7. The SMILES string of the molecule is O=C(/C=C/c1ccccc1F)N1CCN(S(=O)(=O)c2ccc(F)cc2F)CC1. The molecule has 2 aromatic carbocycles. The minimum absolute atomic E-state index is 0.0293. The van der Waals surface area contributed by atoms with E-state index in [1.807, 2.05) is 0 Å². The molecule has 1 aliphatic heterocycles. The Balaban J connectivity index is 1.65. The van der Waals surface area contributed by atoms with Crippen LogP contribution >= 0.6 is 0 Å². The molecule has 0 aliphatic carbocycles. The molecule has 2 aromatic rings. The number of hydrogen-bond acceptors (Lipinski definition) is 3. The number of nitrogens with zero attached hydrogens (tertiary/aromatic N) is 2. The third-order valence-electron chi connectivity index (χ3n) is 4.37. The summed E-state index contributed by atoms with van der Waals surface area (Å²) in [6.07, 6.45) is 2.58. The second-order valence-corrected chi connectivity index (χ2v) is 8.07. The molecule has 5 nitrogen and oxygen atoms in total. The van der Waals surface area contributed by atoms with E-state index in [4.69, 9.17) is 0 Å². The van der Waals surface area contributed by atoms with Gasteiger partial charge in [-0.3, -0.25) is 4.79 Å². The summed E-state index contributed by atoms with van der Waals surface area (Å²) >= 11 is 0. The first kappa shape index (κ1) is 20.1. The Kier molecular flexibility index (Phi) is 5.85. The Morgan fingerprint density at radius 2 is 1.61 bits per heavy atom. The van der Waals surface area contributed by atoms with Gasteiger partial charge in [-0.15, -0.1) is 0 Å². The predicted molar refractivity (Wildman–Crippen MR) is 97.1 cm³/mol. The Labute approximate surface area is 160 Å². The molecule has 0 aromatic heterocycles. The topological polar surface area (TPSA) is 57.7 Å². The number of sulfonamides is 1. The first-order valence-corrected chi connectivity index (χ1v) is 9.90. The summed E-state index contributed by atoms with van der Waals surface area (Å²) in [6.45, 7) is 0.141. The van der Waals surface area contributed by atoms with Crippen molar-refractivity contribution in [2.24, 2.45) is 0 Å². The Morgan fingerprint density at radius 3 is 2.25 bits per heavy atom. The fraction of sp³-hybridized carbons (Fsp3) is 0.211.